The van der Waals surface area contributed by atoms with E-state index in [4.69, 9.17) is 9.47 Å². The number of carbonyl (C=O) groups is 4. The van der Waals surface area contributed by atoms with E-state index in [0.29, 0.717) is 0 Å². The first-order valence-electron chi connectivity index (χ1n) is 10.2. The molecule has 1 aliphatic heterocycles. The molecule has 14 heteroatoms. The second kappa shape index (κ2) is 13.1. The van der Waals surface area contributed by atoms with Gasteiger partial charge in [-0.1, -0.05) is 0 Å². The molecule has 0 unspecified atom stereocenters. The van der Waals surface area contributed by atoms with E-state index < -0.39 is 84.9 Å². The molecule has 1 aliphatic rings. The van der Waals surface area contributed by atoms with Gasteiger partial charge in [-0.15, -0.1) is 11.8 Å². The summed E-state index contributed by atoms with van der Waals surface area (Å²) in [4.78, 5) is 47.6. The Morgan fingerprint density at radius 1 is 1.03 bits per heavy atom. The first-order valence-corrected chi connectivity index (χ1v) is 11.3. The molecule has 190 valence electrons. The first-order chi connectivity index (χ1) is 15.2. The van der Waals surface area contributed by atoms with Crippen LogP contribution in [0.1, 0.15) is 27.7 Å². The number of hydrogen-bond acceptors (Lipinski definition) is 11. The maximum Gasteiger partial charge on any atom is 0.325 e. The van der Waals surface area contributed by atoms with E-state index in [9.17, 15) is 39.6 Å². The van der Waals surface area contributed by atoms with Gasteiger partial charge in [0.1, 0.15) is 48.0 Å². The lowest BCUT2D eigenvalue weighted by Crippen LogP contribution is -2.58. The van der Waals surface area contributed by atoms with Crippen LogP contribution >= 0.6 is 11.8 Å². The molecule has 1 fully saturated rings. The standard InChI is InChI=1S/C19H33N3O10S/c1-9(24)20-5-12(25)22-10(17(30)21-6-13(26)32-19(2,3)4)8-33-18-16(29)15(28)14(27)11(7-23)31-18/h10-11,14-16,18,23,27-29H,5-8H2,1-4H3,(H,20,24)(H,21,30)(H,22,25)/t10-,11+,14+,15-,16+,18-/m0/s1. The van der Waals surface area contributed by atoms with E-state index in [0.717, 1.165) is 11.8 Å². The van der Waals surface area contributed by atoms with Crippen molar-refractivity contribution >= 4 is 35.5 Å². The number of amides is 3. The van der Waals surface area contributed by atoms with Gasteiger partial charge in [0.25, 0.3) is 0 Å². The number of aliphatic hydroxyl groups is 4. The van der Waals surface area contributed by atoms with Crippen LogP contribution in [-0.2, 0) is 28.7 Å². The Balaban J connectivity index is 2.80. The first kappa shape index (κ1) is 29.1. The third-order valence-corrected chi connectivity index (χ3v) is 5.50. The molecule has 0 aromatic heterocycles. The van der Waals surface area contributed by atoms with Crippen LogP contribution < -0.4 is 16.0 Å². The van der Waals surface area contributed by atoms with E-state index >= 15 is 0 Å². The van der Waals surface area contributed by atoms with E-state index in [1.165, 1.54) is 6.92 Å². The second-order valence-electron chi connectivity index (χ2n) is 8.36. The van der Waals surface area contributed by atoms with Gasteiger partial charge in [0.15, 0.2) is 0 Å². The third kappa shape index (κ3) is 10.2. The van der Waals surface area contributed by atoms with Crippen LogP contribution in [0.25, 0.3) is 0 Å². The van der Waals surface area contributed by atoms with Crippen molar-refractivity contribution < 1.29 is 49.1 Å². The van der Waals surface area contributed by atoms with Crippen LogP contribution in [0.2, 0.25) is 0 Å². The fraction of sp³-hybridized carbons (Fsp3) is 0.789. The molecule has 7 N–H and O–H groups in total. The molecular weight excluding hydrogens is 462 g/mol. The van der Waals surface area contributed by atoms with Crippen LogP contribution in [0.15, 0.2) is 0 Å². The highest BCUT2D eigenvalue weighted by atomic mass is 32.2. The predicted molar refractivity (Wildman–Crippen MR) is 116 cm³/mol. The smallest absolute Gasteiger partial charge is 0.325 e. The second-order valence-corrected chi connectivity index (χ2v) is 9.50. The summed E-state index contributed by atoms with van der Waals surface area (Å²) >= 11 is 0.844. The number of nitrogens with one attached hydrogen (secondary N) is 3. The minimum atomic E-state index is -1.60. The average molecular weight is 496 g/mol. The number of ether oxygens (including phenoxy) is 2. The van der Waals surface area contributed by atoms with Gasteiger partial charge in [0.2, 0.25) is 17.7 Å². The fourth-order valence-corrected chi connectivity index (χ4v) is 3.89. The Morgan fingerprint density at radius 3 is 2.21 bits per heavy atom. The van der Waals surface area contributed by atoms with Crippen LogP contribution in [0.3, 0.4) is 0 Å². The summed E-state index contributed by atoms with van der Waals surface area (Å²) in [6.45, 7) is 4.73. The highest BCUT2D eigenvalue weighted by molar-refractivity contribution is 7.99. The zero-order valence-corrected chi connectivity index (χ0v) is 19.8. The van der Waals surface area contributed by atoms with Gasteiger partial charge in [0.05, 0.1) is 13.2 Å². The Kier molecular flexibility index (Phi) is 11.5. The summed E-state index contributed by atoms with van der Waals surface area (Å²) in [5.41, 5.74) is -1.89. The quantitative estimate of drug-likeness (QED) is 0.149. The summed E-state index contributed by atoms with van der Waals surface area (Å²) in [5, 5.41) is 46.2. The van der Waals surface area contributed by atoms with Crippen molar-refractivity contribution in [2.45, 2.75) is 69.2 Å². The van der Waals surface area contributed by atoms with Crippen molar-refractivity contribution in [2.75, 3.05) is 25.4 Å². The number of thioether (sulfide) groups is 1. The summed E-state index contributed by atoms with van der Waals surface area (Å²) < 4.78 is 10.5. The third-order valence-electron chi connectivity index (χ3n) is 4.25. The van der Waals surface area contributed by atoms with Crippen molar-refractivity contribution in [3.8, 4) is 0 Å². The molecule has 0 aromatic carbocycles. The molecule has 1 heterocycles. The van der Waals surface area contributed by atoms with Gasteiger partial charge in [-0.25, -0.2) is 0 Å². The van der Waals surface area contributed by atoms with Crippen LogP contribution in [0, 0.1) is 0 Å². The number of rotatable bonds is 10. The number of aliphatic hydroxyl groups excluding tert-OH is 4. The summed E-state index contributed by atoms with van der Waals surface area (Å²) in [5.74, 6) is -2.74. The molecule has 33 heavy (non-hydrogen) atoms. The summed E-state index contributed by atoms with van der Waals surface area (Å²) in [6.07, 6.45) is -5.79. The Bertz CT molecular complexity index is 700. The molecule has 0 radical (unpaired) electrons. The zero-order chi connectivity index (χ0) is 25.3. The fourth-order valence-electron chi connectivity index (χ4n) is 2.69. The van der Waals surface area contributed by atoms with E-state index in [1.807, 2.05) is 0 Å². The maximum atomic E-state index is 12.6. The molecule has 1 rings (SSSR count). The Hall–Kier alpha value is -1.97. The van der Waals surface area contributed by atoms with Gasteiger partial charge in [0, 0.05) is 12.7 Å². The predicted octanol–water partition coefficient (Wildman–Crippen LogP) is -3.40. The van der Waals surface area contributed by atoms with Crippen molar-refractivity contribution in [3.63, 3.8) is 0 Å². The van der Waals surface area contributed by atoms with Crippen molar-refractivity contribution in [2.24, 2.45) is 0 Å². The molecule has 1 saturated heterocycles. The lowest BCUT2D eigenvalue weighted by Gasteiger charge is -2.40. The molecule has 0 spiro atoms. The van der Waals surface area contributed by atoms with E-state index in [-0.39, 0.29) is 5.75 Å². The molecule has 0 aliphatic carbocycles. The van der Waals surface area contributed by atoms with Crippen LogP contribution in [-0.4, -0.2) is 111 Å². The van der Waals surface area contributed by atoms with E-state index in [1.54, 1.807) is 20.8 Å². The summed E-state index contributed by atoms with van der Waals surface area (Å²) in [7, 11) is 0. The Labute approximate surface area is 195 Å². The molecule has 13 nitrogen and oxygen atoms in total. The van der Waals surface area contributed by atoms with Crippen LogP contribution in [0.5, 0.6) is 0 Å². The van der Waals surface area contributed by atoms with Gasteiger partial charge >= 0.3 is 5.97 Å². The molecular formula is C19H33N3O10S. The SMILES string of the molecule is CC(=O)NCC(=O)N[C@@H](CS[C@@H]1O[C@H](CO)[C@@H](O)[C@H](O)[C@H]1O)C(=O)NCC(=O)OC(C)(C)C. The molecule has 6 atom stereocenters. The summed E-state index contributed by atoms with van der Waals surface area (Å²) in [6, 6.07) is -1.22. The number of esters is 1. The zero-order valence-electron chi connectivity index (χ0n) is 18.9. The lowest BCUT2D eigenvalue weighted by molar-refractivity contribution is -0.205. The van der Waals surface area contributed by atoms with Crippen molar-refractivity contribution in [3.05, 3.63) is 0 Å². The van der Waals surface area contributed by atoms with Gasteiger partial charge in [-0.2, -0.15) is 0 Å². The highest BCUT2D eigenvalue weighted by Crippen LogP contribution is 2.28. The average Bonchev–Trinajstić information content (AvgIpc) is 2.71. The van der Waals surface area contributed by atoms with Gasteiger partial charge in [-0.3, -0.25) is 19.2 Å². The Morgan fingerprint density at radius 2 is 1.67 bits per heavy atom. The highest BCUT2D eigenvalue weighted by Gasteiger charge is 2.44. The molecule has 0 bridgehead atoms. The lowest BCUT2D eigenvalue weighted by atomic mass is 10.0. The number of carbonyl (C=O) groups excluding carboxylic acids is 4. The topological polar surface area (TPSA) is 204 Å². The maximum absolute atomic E-state index is 12.6. The number of hydrogen-bond donors (Lipinski definition) is 7. The molecule has 0 aromatic rings. The van der Waals surface area contributed by atoms with Crippen molar-refractivity contribution in [1.29, 1.82) is 0 Å². The van der Waals surface area contributed by atoms with Gasteiger partial charge < -0.3 is 45.9 Å². The molecule has 0 saturated carbocycles. The monoisotopic (exact) mass is 495 g/mol. The normalized spacial score (nSPS) is 26.1. The largest absolute Gasteiger partial charge is 0.459 e. The molecule has 3 amide bonds. The van der Waals surface area contributed by atoms with Gasteiger partial charge in [-0.05, 0) is 20.8 Å². The minimum Gasteiger partial charge on any atom is -0.459 e. The minimum absolute atomic E-state index is 0.172. The van der Waals surface area contributed by atoms with Crippen molar-refractivity contribution in [1.82, 2.24) is 16.0 Å². The van der Waals surface area contributed by atoms with Crippen LogP contribution in [0.4, 0.5) is 0 Å². The van der Waals surface area contributed by atoms with E-state index in [2.05, 4.69) is 16.0 Å².